The number of piperidine rings is 1. The quantitative estimate of drug-likeness (QED) is 0.751. The first-order valence-electron chi connectivity index (χ1n) is 7.97. The lowest BCUT2D eigenvalue weighted by atomic mass is 10.1. The fourth-order valence-electron chi connectivity index (χ4n) is 2.89. The van der Waals surface area contributed by atoms with Crippen LogP contribution in [-0.4, -0.2) is 48.1 Å². The molecule has 0 atom stereocenters. The van der Waals surface area contributed by atoms with Gasteiger partial charge in [0.1, 0.15) is 6.10 Å². The molecule has 0 bridgehead atoms. The summed E-state index contributed by atoms with van der Waals surface area (Å²) in [6, 6.07) is 5.68. The molecule has 2 heterocycles. The van der Waals surface area contributed by atoms with Crippen LogP contribution in [0.15, 0.2) is 35.1 Å². The molecule has 0 amide bonds. The zero-order valence-electron chi connectivity index (χ0n) is 13.9. The summed E-state index contributed by atoms with van der Waals surface area (Å²) in [4.78, 5) is 2.37. The summed E-state index contributed by atoms with van der Waals surface area (Å²) in [7, 11) is 3.29. The highest BCUT2D eigenvalue weighted by Crippen LogP contribution is 2.38. The van der Waals surface area contributed by atoms with Crippen LogP contribution >= 0.6 is 15.9 Å². The van der Waals surface area contributed by atoms with E-state index in [1.54, 1.807) is 14.2 Å². The number of halogens is 1. The Bertz CT molecular complexity index is 647. The first-order valence-corrected chi connectivity index (χ1v) is 8.77. The SMILES string of the molecule is COc1cccc(OC)c1OC1CCN(Cn2cc(Br)cn2)CC1. The van der Waals surface area contributed by atoms with Crippen molar-refractivity contribution in [2.45, 2.75) is 25.6 Å². The molecule has 0 radical (unpaired) electrons. The molecule has 0 unspecified atom stereocenters. The van der Waals surface area contributed by atoms with Gasteiger partial charge in [0.25, 0.3) is 0 Å². The minimum absolute atomic E-state index is 0.163. The molecule has 1 fully saturated rings. The molecule has 1 aliphatic heterocycles. The molecule has 1 aliphatic rings. The monoisotopic (exact) mass is 395 g/mol. The summed E-state index contributed by atoms with van der Waals surface area (Å²) >= 11 is 3.43. The van der Waals surface area contributed by atoms with Crippen molar-refractivity contribution >= 4 is 15.9 Å². The van der Waals surface area contributed by atoms with Crippen molar-refractivity contribution in [1.82, 2.24) is 14.7 Å². The second-order valence-electron chi connectivity index (χ2n) is 5.77. The topological polar surface area (TPSA) is 48.8 Å². The third-order valence-corrected chi connectivity index (χ3v) is 4.56. The number of nitrogens with zero attached hydrogens (tertiary/aromatic N) is 3. The van der Waals surface area contributed by atoms with Crippen LogP contribution in [0.4, 0.5) is 0 Å². The number of aromatic nitrogens is 2. The maximum atomic E-state index is 6.20. The van der Waals surface area contributed by atoms with Gasteiger partial charge in [-0.2, -0.15) is 5.10 Å². The lowest BCUT2D eigenvalue weighted by Crippen LogP contribution is -2.39. The molecule has 2 aromatic rings. The highest BCUT2D eigenvalue weighted by Gasteiger charge is 2.23. The van der Waals surface area contributed by atoms with Crippen molar-refractivity contribution in [3.63, 3.8) is 0 Å². The van der Waals surface area contributed by atoms with E-state index < -0.39 is 0 Å². The molecule has 0 saturated carbocycles. The summed E-state index contributed by atoms with van der Waals surface area (Å²) in [5.41, 5.74) is 0. The van der Waals surface area contributed by atoms with Gasteiger partial charge in [0.15, 0.2) is 11.5 Å². The first-order chi connectivity index (χ1) is 11.7. The Morgan fingerprint density at radius 1 is 1.17 bits per heavy atom. The number of ether oxygens (including phenoxy) is 3. The molecule has 0 aliphatic carbocycles. The molecule has 0 N–H and O–H groups in total. The van der Waals surface area contributed by atoms with Crippen LogP contribution in [0.1, 0.15) is 12.8 Å². The van der Waals surface area contributed by atoms with Crippen LogP contribution in [0.25, 0.3) is 0 Å². The predicted octanol–water partition coefficient (Wildman–Crippen LogP) is 3.16. The van der Waals surface area contributed by atoms with Crippen molar-refractivity contribution in [2.75, 3.05) is 27.3 Å². The van der Waals surface area contributed by atoms with Gasteiger partial charge in [-0.15, -0.1) is 0 Å². The lowest BCUT2D eigenvalue weighted by molar-refractivity contribution is 0.0767. The zero-order valence-corrected chi connectivity index (χ0v) is 15.5. The Morgan fingerprint density at radius 3 is 2.38 bits per heavy atom. The van der Waals surface area contributed by atoms with E-state index in [9.17, 15) is 0 Å². The van der Waals surface area contributed by atoms with E-state index >= 15 is 0 Å². The Morgan fingerprint density at radius 2 is 1.83 bits per heavy atom. The van der Waals surface area contributed by atoms with Gasteiger partial charge in [0.05, 0.1) is 31.6 Å². The molecule has 1 saturated heterocycles. The minimum Gasteiger partial charge on any atom is -0.493 e. The molecule has 1 aromatic heterocycles. The van der Waals surface area contributed by atoms with Crippen LogP contribution in [0.5, 0.6) is 17.2 Å². The maximum Gasteiger partial charge on any atom is 0.203 e. The normalized spacial score (nSPS) is 16.1. The van der Waals surface area contributed by atoms with Crippen LogP contribution in [0, 0.1) is 0 Å². The van der Waals surface area contributed by atoms with E-state index in [-0.39, 0.29) is 6.10 Å². The van der Waals surface area contributed by atoms with E-state index in [1.165, 1.54) is 0 Å². The Balaban J connectivity index is 1.57. The average Bonchev–Trinajstić information content (AvgIpc) is 3.01. The molecule has 0 spiro atoms. The summed E-state index contributed by atoms with van der Waals surface area (Å²) in [6.45, 7) is 2.75. The number of rotatable bonds is 6. The largest absolute Gasteiger partial charge is 0.493 e. The van der Waals surface area contributed by atoms with Crippen LogP contribution < -0.4 is 14.2 Å². The Kier molecular flexibility index (Phi) is 5.63. The second kappa shape index (κ2) is 7.90. The molecular weight excluding hydrogens is 374 g/mol. The number of likely N-dealkylation sites (tertiary alicyclic amines) is 1. The van der Waals surface area contributed by atoms with Gasteiger partial charge in [-0.25, -0.2) is 0 Å². The first kappa shape index (κ1) is 17.1. The van der Waals surface area contributed by atoms with E-state index in [0.29, 0.717) is 17.2 Å². The van der Waals surface area contributed by atoms with Crippen LogP contribution in [0.2, 0.25) is 0 Å². The molecule has 6 nitrogen and oxygen atoms in total. The highest BCUT2D eigenvalue weighted by molar-refractivity contribution is 9.10. The number of para-hydroxylation sites is 1. The third kappa shape index (κ3) is 4.02. The van der Waals surface area contributed by atoms with E-state index in [2.05, 4.69) is 25.9 Å². The number of benzene rings is 1. The molecule has 7 heteroatoms. The number of methoxy groups -OCH3 is 2. The fourth-order valence-corrected chi connectivity index (χ4v) is 3.22. The molecular formula is C17H22BrN3O3. The van der Waals surface area contributed by atoms with Gasteiger partial charge < -0.3 is 14.2 Å². The van der Waals surface area contributed by atoms with Gasteiger partial charge in [-0.1, -0.05) is 6.07 Å². The maximum absolute atomic E-state index is 6.20. The van der Waals surface area contributed by atoms with E-state index in [1.807, 2.05) is 35.3 Å². The number of hydrogen-bond donors (Lipinski definition) is 0. The van der Waals surface area contributed by atoms with Gasteiger partial charge in [-0.3, -0.25) is 9.58 Å². The van der Waals surface area contributed by atoms with Crippen LogP contribution in [-0.2, 0) is 6.67 Å². The Hall–Kier alpha value is -1.73. The van der Waals surface area contributed by atoms with Crippen molar-refractivity contribution in [3.8, 4) is 17.2 Å². The standard InChI is InChI=1S/C17H22BrN3O3/c1-22-15-4-3-5-16(23-2)17(15)24-14-6-8-20(9-7-14)12-21-11-13(18)10-19-21/h3-5,10-11,14H,6-9,12H2,1-2H3. The summed E-state index contributed by atoms with van der Waals surface area (Å²) < 4.78 is 19.9. The van der Waals surface area contributed by atoms with Gasteiger partial charge >= 0.3 is 0 Å². The fraction of sp³-hybridized carbons (Fsp3) is 0.471. The minimum atomic E-state index is 0.163. The highest BCUT2D eigenvalue weighted by atomic mass is 79.9. The van der Waals surface area contributed by atoms with Gasteiger partial charge in [-0.05, 0) is 40.9 Å². The smallest absolute Gasteiger partial charge is 0.203 e. The van der Waals surface area contributed by atoms with E-state index in [0.717, 1.165) is 37.1 Å². The van der Waals surface area contributed by atoms with Crippen LogP contribution in [0.3, 0.4) is 0 Å². The van der Waals surface area contributed by atoms with Crippen molar-refractivity contribution in [1.29, 1.82) is 0 Å². The third-order valence-electron chi connectivity index (χ3n) is 4.15. The van der Waals surface area contributed by atoms with Crippen molar-refractivity contribution in [2.24, 2.45) is 0 Å². The number of hydrogen-bond acceptors (Lipinski definition) is 5. The van der Waals surface area contributed by atoms with Gasteiger partial charge in [0.2, 0.25) is 5.75 Å². The lowest BCUT2D eigenvalue weighted by Gasteiger charge is -2.32. The summed E-state index contributed by atoms with van der Waals surface area (Å²) in [5, 5.41) is 4.31. The molecule has 1 aromatic carbocycles. The van der Waals surface area contributed by atoms with Gasteiger partial charge in [0, 0.05) is 19.3 Å². The molecule has 130 valence electrons. The Labute approximate surface area is 150 Å². The molecule has 3 rings (SSSR count). The summed E-state index contributed by atoms with van der Waals surface area (Å²) in [6.07, 6.45) is 5.88. The average molecular weight is 396 g/mol. The zero-order chi connectivity index (χ0) is 16.9. The summed E-state index contributed by atoms with van der Waals surface area (Å²) in [5.74, 6) is 2.10. The van der Waals surface area contributed by atoms with Crippen molar-refractivity contribution in [3.05, 3.63) is 35.1 Å². The molecule has 24 heavy (non-hydrogen) atoms. The van der Waals surface area contributed by atoms with Crippen molar-refractivity contribution < 1.29 is 14.2 Å². The van der Waals surface area contributed by atoms with E-state index in [4.69, 9.17) is 14.2 Å². The second-order valence-corrected chi connectivity index (χ2v) is 6.68. The predicted molar refractivity (Wildman–Crippen MR) is 94.7 cm³/mol.